The average Bonchev–Trinajstić information content (AvgIpc) is 3.85. The molecule has 0 aliphatic carbocycles. The molecule has 0 aliphatic rings. The summed E-state index contributed by atoms with van der Waals surface area (Å²) >= 11 is 0. The van der Waals surface area contributed by atoms with Crippen molar-refractivity contribution in [1.29, 1.82) is 0 Å². The average molecular weight is 649 g/mol. The van der Waals surface area contributed by atoms with Crippen LogP contribution in [0.1, 0.15) is 22.8 Å². The molecule has 0 saturated heterocycles. The van der Waals surface area contributed by atoms with Gasteiger partial charge >= 0.3 is 23.9 Å². The molecule has 46 heavy (non-hydrogen) atoms. The second-order valence-corrected chi connectivity index (χ2v) is 9.31. The van der Waals surface area contributed by atoms with Crippen LogP contribution < -0.4 is 22.1 Å². The zero-order chi connectivity index (χ0) is 34.5. The van der Waals surface area contributed by atoms with Gasteiger partial charge in [0.2, 0.25) is 0 Å². The van der Waals surface area contributed by atoms with Crippen LogP contribution in [0.25, 0.3) is 0 Å². The number of nitrogens with one attached hydrogen (secondary N) is 6. The lowest BCUT2D eigenvalue weighted by molar-refractivity contribution is -0.140. The summed E-state index contributed by atoms with van der Waals surface area (Å²) in [5.41, 5.74) is 13.3. The van der Waals surface area contributed by atoms with Crippen molar-refractivity contribution in [3.05, 3.63) is 72.9 Å². The van der Waals surface area contributed by atoms with Crippen LogP contribution in [0.4, 0.5) is 0 Å². The minimum atomic E-state index is -1.01. The fraction of sp³-hybridized carbons (Fsp3) is 0.385. The molecule has 0 amide bonds. The molecule has 252 valence electrons. The van der Waals surface area contributed by atoms with E-state index in [1.807, 2.05) is 0 Å². The Morgan fingerprint density at radius 3 is 1.00 bits per heavy atom. The zero-order valence-corrected chi connectivity index (χ0v) is 25.1. The molecule has 20 heteroatoms. The first-order chi connectivity index (χ1) is 21.9. The number of hydrogen-bond acceptors (Lipinski definition) is 12. The number of rotatable bonds is 14. The van der Waals surface area contributed by atoms with Gasteiger partial charge in [0.05, 0.1) is 48.1 Å². The predicted octanol–water partition coefficient (Wildman–Crippen LogP) is -2.02. The van der Waals surface area contributed by atoms with E-state index in [1.165, 1.54) is 25.3 Å². The van der Waals surface area contributed by atoms with Crippen molar-refractivity contribution in [1.82, 2.24) is 50.5 Å². The number of aliphatic carboxylic acids is 4. The minimum Gasteiger partial charge on any atom is -0.480 e. The van der Waals surface area contributed by atoms with Crippen molar-refractivity contribution in [2.75, 3.05) is 14.1 Å². The van der Waals surface area contributed by atoms with Gasteiger partial charge in [0.15, 0.2) is 0 Å². The molecule has 4 aromatic rings. The van der Waals surface area contributed by atoms with Crippen LogP contribution in [-0.2, 0) is 44.9 Å². The smallest absolute Gasteiger partial charge is 0.321 e. The summed E-state index contributed by atoms with van der Waals surface area (Å²) in [5, 5.41) is 39.6. The maximum atomic E-state index is 10.6. The van der Waals surface area contributed by atoms with E-state index >= 15 is 0 Å². The van der Waals surface area contributed by atoms with Gasteiger partial charge in [0, 0.05) is 50.5 Å². The third kappa shape index (κ3) is 15.9. The Morgan fingerprint density at radius 1 is 0.565 bits per heavy atom. The lowest BCUT2D eigenvalue weighted by Crippen LogP contribution is -2.35. The first kappa shape index (κ1) is 38.6. The molecule has 0 radical (unpaired) electrons. The van der Waals surface area contributed by atoms with Gasteiger partial charge in [-0.2, -0.15) is 0 Å². The fourth-order valence-electron chi connectivity index (χ4n) is 3.28. The summed E-state index contributed by atoms with van der Waals surface area (Å²) in [4.78, 5) is 68.1. The summed E-state index contributed by atoms with van der Waals surface area (Å²) in [5.74, 6) is -3.73. The van der Waals surface area contributed by atoms with E-state index in [4.69, 9.17) is 31.9 Å². The van der Waals surface area contributed by atoms with Crippen molar-refractivity contribution >= 4 is 23.9 Å². The Morgan fingerprint density at radius 2 is 0.826 bits per heavy atom. The number of carboxylic acid groups (broad SMARTS) is 4. The topological polar surface area (TPSA) is 340 Å². The normalized spacial score (nSPS) is 12.8. The highest BCUT2D eigenvalue weighted by Crippen LogP contribution is 1.99. The number of likely N-dealkylation sites (N-methyl/N-ethyl adjacent to an activating group) is 2. The third-order valence-electron chi connectivity index (χ3n) is 5.83. The van der Waals surface area contributed by atoms with Gasteiger partial charge in [0.1, 0.15) is 24.2 Å². The van der Waals surface area contributed by atoms with Crippen LogP contribution in [0, 0.1) is 0 Å². The number of aromatic nitrogens is 8. The molecule has 14 N–H and O–H groups in total. The third-order valence-corrected chi connectivity index (χ3v) is 5.83. The Bertz CT molecular complexity index is 1270. The van der Waals surface area contributed by atoms with E-state index in [2.05, 4.69) is 50.5 Å². The SMILES string of the molecule is CN[C@@H](Cc1c[nH]cn1)C(=O)O.CN[C@@H](Cc1c[nH]cn1)C(=O)O.N[C@@H](Cc1c[nH]cn1)C(=O)O.N[C@@H](Cc1c[nH]cn1)C(=O)O. The molecule has 0 spiro atoms. The number of hydrogen-bond donors (Lipinski definition) is 12. The van der Waals surface area contributed by atoms with Crippen molar-refractivity contribution in [2.24, 2.45) is 11.5 Å². The summed E-state index contributed by atoms with van der Waals surface area (Å²) in [6, 6.07) is -2.85. The molecular weight excluding hydrogens is 608 g/mol. The Kier molecular flexibility index (Phi) is 17.9. The van der Waals surface area contributed by atoms with E-state index < -0.39 is 48.0 Å². The second kappa shape index (κ2) is 21.3. The Balaban J connectivity index is 0.000000307. The van der Waals surface area contributed by atoms with Crippen LogP contribution in [0.3, 0.4) is 0 Å². The van der Waals surface area contributed by atoms with Crippen LogP contribution >= 0.6 is 0 Å². The Labute approximate surface area is 262 Å². The van der Waals surface area contributed by atoms with Gasteiger partial charge in [-0.15, -0.1) is 0 Å². The summed E-state index contributed by atoms with van der Waals surface area (Å²) in [6.07, 6.45) is 14.0. The number of carbonyl (C=O) groups is 4. The number of imidazole rings is 4. The number of carboxylic acids is 4. The molecule has 4 rings (SSSR count). The van der Waals surface area contributed by atoms with Crippen LogP contribution in [0.5, 0.6) is 0 Å². The molecule has 4 atom stereocenters. The highest BCUT2D eigenvalue weighted by Gasteiger charge is 2.17. The van der Waals surface area contributed by atoms with Crippen LogP contribution in [0.15, 0.2) is 50.1 Å². The van der Waals surface area contributed by atoms with E-state index in [0.29, 0.717) is 24.2 Å². The van der Waals surface area contributed by atoms with Gasteiger partial charge in [-0.25, -0.2) is 19.9 Å². The first-order valence-electron chi connectivity index (χ1n) is 13.5. The molecule has 0 saturated carbocycles. The molecule has 4 aromatic heterocycles. The summed E-state index contributed by atoms with van der Waals surface area (Å²) in [6.45, 7) is 0. The van der Waals surface area contributed by atoms with Gasteiger partial charge in [0.25, 0.3) is 0 Å². The molecule has 0 aromatic carbocycles. The van der Waals surface area contributed by atoms with Gasteiger partial charge < -0.3 is 62.5 Å². The standard InChI is InChI=1S/2C7H11N3O2.2C6H9N3O2/c2*1-8-6(7(11)12)2-5-3-9-4-10-5;2*7-5(6(10)11)1-4-2-8-3-9-4/h2*3-4,6,8H,2H2,1H3,(H,9,10)(H,11,12);2*2-3,5H,1,7H2,(H,8,9)(H,10,11)/t2*6-;2*5-/m0000/s1. The molecule has 4 heterocycles. The lowest BCUT2D eigenvalue weighted by Gasteiger charge is -2.07. The summed E-state index contributed by atoms with van der Waals surface area (Å²) in [7, 11) is 3.23. The molecule has 0 bridgehead atoms. The monoisotopic (exact) mass is 648 g/mol. The highest BCUT2D eigenvalue weighted by molar-refractivity contribution is 5.74. The maximum Gasteiger partial charge on any atom is 0.321 e. The molecule has 20 nitrogen and oxygen atoms in total. The second-order valence-electron chi connectivity index (χ2n) is 9.31. The van der Waals surface area contributed by atoms with Crippen molar-refractivity contribution in [2.45, 2.75) is 49.9 Å². The van der Waals surface area contributed by atoms with Gasteiger partial charge in [-0.1, -0.05) is 0 Å². The Hall–Kier alpha value is -5.44. The van der Waals surface area contributed by atoms with E-state index in [-0.39, 0.29) is 12.8 Å². The molecule has 0 fully saturated rings. The zero-order valence-electron chi connectivity index (χ0n) is 25.1. The van der Waals surface area contributed by atoms with Crippen molar-refractivity contribution < 1.29 is 39.6 Å². The van der Waals surface area contributed by atoms with E-state index in [9.17, 15) is 19.2 Å². The molecular formula is C26H40N12O8. The minimum absolute atomic E-state index is 0.263. The van der Waals surface area contributed by atoms with Crippen LogP contribution in [0.2, 0.25) is 0 Å². The number of nitrogens with zero attached hydrogens (tertiary/aromatic N) is 4. The van der Waals surface area contributed by atoms with Gasteiger partial charge in [-0.05, 0) is 14.1 Å². The van der Waals surface area contributed by atoms with E-state index in [1.54, 1.807) is 38.9 Å². The largest absolute Gasteiger partial charge is 0.480 e. The van der Waals surface area contributed by atoms with E-state index in [0.717, 1.165) is 11.4 Å². The maximum absolute atomic E-state index is 10.6. The quantitative estimate of drug-likeness (QED) is 0.0701. The first-order valence-corrected chi connectivity index (χ1v) is 13.5. The number of nitrogens with two attached hydrogens (primary N) is 2. The van der Waals surface area contributed by atoms with Crippen LogP contribution in [-0.4, -0.2) is 122 Å². The molecule has 0 aliphatic heterocycles. The summed E-state index contributed by atoms with van der Waals surface area (Å²) < 4.78 is 0. The number of aromatic amines is 4. The number of H-pyrrole nitrogens is 4. The lowest BCUT2D eigenvalue weighted by atomic mass is 10.2. The molecule has 0 unspecified atom stereocenters. The predicted molar refractivity (Wildman–Crippen MR) is 161 cm³/mol. The van der Waals surface area contributed by atoms with Gasteiger partial charge in [-0.3, -0.25) is 19.2 Å². The highest BCUT2D eigenvalue weighted by atomic mass is 16.4. The van der Waals surface area contributed by atoms with Crippen molar-refractivity contribution in [3.8, 4) is 0 Å². The van der Waals surface area contributed by atoms with Crippen molar-refractivity contribution in [3.63, 3.8) is 0 Å². The fourth-order valence-corrected chi connectivity index (χ4v) is 3.28.